The summed E-state index contributed by atoms with van der Waals surface area (Å²) in [6.45, 7) is 2.07. The lowest BCUT2D eigenvalue weighted by Crippen LogP contribution is -2.19. The van der Waals surface area contributed by atoms with Crippen LogP contribution in [-0.4, -0.2) is 37.4 Å². The van der Waals surface area contributed by atoms with Gasteiger partial charge in [-0.05, 0) is 0 Å². The van der Waals surface area contributed by atoms with Crippen LogP contribution in [-0.2, 0) is 21.3 Å². The van der Waals surface area contributed by atoms with E-state index in [-0.39, 0.29) is 24.1 Å². The summed E-state index contributed by atoms with van der Waals surface area (Å²) in [6.07, 6.45) is -3.19. The second kappa shape index (κ2) is 6.10. The maximum absolute atomic E-state index is 11.9. The van der Waals surface area contributed by atoms with Crippen LogP contribution in [0, 0.1) is 0 Å². The highest BCUT2D eigenvalue weighted by Gasteiger charge is 2.27. The monoisotopic (exact) mass is 315 g/mol. The van der Waals surface area contributed by atoms with E-state index in [1.165, 1.54) is 10.8 Å². The van der Waals surface area contributed by atoms with Gasteiger partial charge in [-0.1, -0.05) is 13.8 Å². The first-order valence-electron chi connectivity index (χ1n) is 5.75. The predicted molar refractivity (Wildman–Crippen MR) is 64.6 cm³/mol. The number of alkyl halides is 3. The number of aromatic nitrogens is 2. The SMILES string of the molecule is CC(C)c1nc(S(N)(=O)=O)cn1CCOCC(F)(F)F. The van der Waals surface area contributed by atoms with Crippen LogP contribution < -0.4 is 5.14 Å². The number of halogens is 3. The van der Waals surface area contributed by atoms with E-state index in [0.29, 0.717) is 5.82 Å². The number of sulfonamides is 1. The third-order valence-electron chi connectivity index (χ3n) is 2.34. The zero-order valence-electron chi connectivity index (χ0n) is 11.0. The van der Waals surface area contributed by atoms with E-state index in [1.54, 1.807) is 13.8 Å². The molecule has 20 heavy (non-hydrogen) atoms. The standard InChI is InChI=1S/C10H16F3N3O3S/c1-7(2)9-15-8(20(14,17)18)5-16(9)3-4-19-6-10(11,12)13/h5,7H,3-4,6H2,1-2H3,(H2,14,17,18). The summed E-state index contributed by atoms with van der Waals surface area (Å²) < 4.78 is 64.0. The van der Waals surface area contributed by atoms with Crippen LogP contribution in [0.1, 0.15) is 25.6 Å². The van der Waals surface area contributed by atoms with E-state index in [4.69, 9.17) is 5.14 Å². The van der Waals surface area contributed by atoms with Gasteiger partial charge in [-0.25, -0.2) is 18.5 Å². The molecule has 0 bridgehead atoms. The molecule has 0 aliphatic carbocycles. The first-order chi connectivity index (χ1) is 9.00. The van der Waals surface area contributed by atoms with Crippen LogP contribution in [0.3, 0.4) is 0 Å². The van der Waals surface area contributed by atoms with Gasteiger partial charge in [-0.2, -0.15) is 13.2 Å². The summed E-state index contributed by atoms with van der Waals surface area (Å²) in [7, 11) is -3.94. The van der Waals surface area contributed by atoms with Crippen molar-refractivity contribution in [1.29, 1.82) is 0 Å². The van der Waals surface area contributed by atoms with E-state index in [9.17, 15) is 21.6 Å². The summed E-state index contributed by atoms with van der Waals surface area (Å²) in [5.41, 5.74) is 0. The highest BCUT2D eigenvalue weighted by molar-refractivity contribution is 7.89. The van der Waals surface area contributed by atoms with Crippen molar-refractivity contribution in [3.63, 3.8) is 0 Å². The molecule has 0 radical (unpaired) electrons. The normalized spacial score (nSPS) is 13.2. The predicted octanol–water partition coefficient (Wildman–Crippen LogP) is 1.23. The fourth-order valence-corrected chi connectivity index (χ4v) is 2.03. The quantitative estimate of drug-likeness (QED) is 0.800. The van der Waals surface area contributed by atoms with Crippen molar-refractivity contribution in [3.8, 4) is 0 Å². The summed E-state index contributed by atoms with van der Waals surface area (Å²) in [4.78, 5) is 3.88. The molecule has 1 rings (SSSR count). The number of rotatable bonds is 6. The largest absolute Gasteiger partial charge is 0.411 e. The molecule has 0 amide bonds. The first-order valence-corrected chi connectivity index (χ1v) is 7.29. The number of hydrogen-bond donors (Lipinski definition) is 1. The molecule has 0 spiro atoms. The molecule has 2 N–H and O–H groups in total. The number of primary sulfonamides is 1. The van der Waals surface area contributed by atoms with Gasteiger partial charge in [0.05, 0.1) is 6.61 Å². The Morgan fingerprint density at radius 1 is 1.45 bits per heavy atom. The zero-order valence-corrected chi connectivity index (χ0v) is 11.8. The lowest BCUT2D eigenvalue weighted by molar-refractivity contribution is -0.174. The Hall–Kier alpha value is -1.13. The molecule has 6 nitrogen and oxygen atoms in total. The smallest absolute Gasteiger partial charge is 0.370 e. The van der Waals surface area contributed by atoms with Gasteiger partial charge in [0.25, 0.3) is 10.0 Å². The van der Waals surface area contributed by atoms with Crippen molar-refractivity contribution in [2.24, 2.45) is 5.14 Å². The summed E-state index contributed by atoms with van der Waals surface area (Å²) in [5.74, 6) is 0.317. The third-order valence-corrected chi connectivity index (χ3v) is 3.12. The van der Waals surface area contributed by atoms with Gasteiger partial charge in [0, 0.05) is 18.7 Å². The minimum Gasteiger partial charge on any atom is -0.370 e. The van der Waals surface area contributed by atoms with Gasteiger partial charge >= 0.3 is 6.18 Å². The van der Waals surface area contributed by atoms with Gasteiger partial charge in [-0.3, -0.25) is 0 Å². The molecule has 10 heteroatoms. The Labute approximate surface area is 114 Å². The molecule has 0 aliphatic heterocycles. The molecule has 0 aliphatic rings. The van der Waals surface area contributed by atoms with E-state index in [0.717, 1.165) is 0 Å². The van der Waals surface area contributed by atoms with Crippen LogP contribution in [0.25, 0.3) is 0 Å². The Bertz CT molecular complexity index is 552. The van der Waals surface area contributed by atoms with Gasteiger partial charge in [-0.15, -0.1) is 0 Å². The van der Waals surface area contributed by atoms with Crippen molar-refractivity contribution in [2.75, 3.05) is 13.2 Å². The average Bonchev–Trinajstić information content (AvgIpc) is 2.66. The van der Waals surface area contributed by atoms with E-state index in [2.05, 4.69) is 9.72 Å². The maximum atomic E-state index is 11.9. The molecule has 116 valence electrons. The van der Waals surface area contributed by atoms with Crippen molar-refractivity contribution >= 4 is 10.0 Å². The second-order valence-corrected chi connectivity index (χ2v) is 6.01. The van der Waals surface area contributed by atoms with Crippen molar-refractivity contribution in [2.45, 2.75) is 37.5 Å². The fourth-order valence-electron chi connectivity index (χ4n) is 1.53. The fraction of sp³-hybridized carbons (Fsp3) is 0.700. The van der Waals surface area contributed by atoms with Crippen molar-refractivity contribution in [3.05, 3.63) is 12.0 Å². The second-order valence-electron chi connectivity index (χ2n) is 4.50. The topological polar surface area (TPSA) is 87.2 Å². The third kappa shape index (κ3) is 5.10. The highest BCUT2D eigenvalue weighted by atomic mass is 32.2. The zero-order chi connectivity index (χ0) is 15.6. The summed E-state index contributed by atoms with van der Waals surface area (Å²) >= 11 is 0. The number of hydrogen-bond acceptors (Lipinski definition) is 4. The Balaban J connectivity index is 2.76. The van der Waals surface area contributed by atoms with E-state index < -0.39 is 22.8 Å². The lowest BCUT2D eigenvalue weighted by atomic mass is 10.2. The number of ether oxygens (including phenoxy) is 1. The minimum atomic E-state index is -4.39. The molecular formula is C10H16F3N3O3S. The van der Waals surface area contributed by atoms with Gasteiger partial charge in [0.2, 0.25) is 0 Å². The van der Waals surface area contributed by atoms with Gasteiger partial charge in [0.1, 0.15) is 12.4 Å². The van der Waals surface area contributed by atoms with Crippen LogP contribution in [0.15, 0.2) is 11.2 Å². The molecule has 1 heterocycles. The van der Waals surface area contributed by atoms with Crippen LogP contribution >= 0.6 is 0 Å². The molecule has 0 saturated heterocycles. The minimum absolute atomic E-state index is 0.0616. The average molecular weight is 315 g/mol. The Morgan fingerprint density at radius 3 is 2.50 bits per heavy atom. The molecule has 0 aromatic carbocycles. The molecule has 0 atom stereocenters. The molecule has 0 fully saturated rings. The van der Waals surface area contributed by atoms with Gasteiger partial charge in [0.15, 0.2) is 5.03 Å². The van der Waals surface area contributed by atoms with Crippen molar-refractivity contribution in [1.82, 2.24) is 9.55 Å². The number of imidazole rings is 1. The molecular weight excluding hydrogens is 299 g/mol. The molecule has 0 saturated carbocycles. The van der Waals surface area contributed by atoms with E-state index >= 15 is 0 Å². The number of nitrogens with two attached hydrogens (primary N) is 1. The lowest BCUT2D eigenvalue weighted by Gasteiger charge is -2.11. The first kappa shape index (κ1) is 16.9. The molecule has 0 unspecified atom stereocenters. The summed E-state index contributed by atoms with van der Waals surface area (Å²) in [6, 6.07) is 0. The van der Waals surface area contributed by atoms with E-state index in [1.807, 2.05) is 0 Å². The van der Waals surface area contributed by atoms with Crippen LogP contribution in [0.5, 0.6) is 0 Å². The Morgan fingerprint density at radius 2 is 2.05 bits per heavy atom. The molecule has 1 aromatic rings. The Kier molecular flexibility index (Phi) is 5.16. The summed E-state index contributed by atoms with van der Waals surface area (Å²) in [5, 5.41) is 4.66. The van der Waals surface area contributed by atoms with Crippen molar-refractivity contribution < 1.29 is 26.3 Å². The molecule has 1 aromatic heterocycles. The maximum Gasteiger partial charge on any atom is 0.411 e. The van der Waals surface area contributed by atoms with Crippen LogP contribution in [0.4, 0.5) is 13.2 Å². The number of nitrogens with zero attached hydrogens (tertiary/aromatic N) is 2. The highest BCUT2D eigenvalue weighted by Crippen LogP contribution is 2.17. The van der Waals surface area contributed by atoms with Crippen LogP contribution in [0.2, 0.25) is 0 Å². The van der Waals surface area contributed by atoms with Gasteiger partial charge < -0.3 is 9.30 Å².